The van der Waals surface area contributed by atoms with Gasteiger partial charge in [-0.2, -0.15) is 9.59 Å². The number of nitrogens with two attached hydrogens (primary N) is 1. The Morgan fingerprint density at radius 1 is 1.31 bits per heavy atom. The summed E-state index contributed by atoms with van der Waals surface area (Å²) < 4.78 is 0. The van der Waals surface area contributed by atoms with E-state index in [0.717, 1.165) is 39.7 Å². The zero-order chi connectivity index (χ0) is 24.1. The van der Waals surface area contributed by atoms with Crippen LogP contribution in [0.1, 0.15) is 56.9 Å². The predicted octanol–water partition coefficient (Wildman–Crippen LogP) is 2.88. The first-order valence-electron chi connectivity index (χ1n) is 10.5. The summed E-state index contributed by atoms with van der Waals surface area (Å²) in [5.41, 5.74) is 8.54. The van der Waals surface area contributed by atoms with Gasteiger partial charge in [-0.05, 0) is 37.0 Å². The van der Waals surface area contributed by atoms with Crippen molar-refractivity contribution in [1.29, 1.82) is 0 Å². The Hall–Kier alpha value is -2.90. The number of hydrogen-bond acceptors (Lipinski definition) is 7. The number of aryl methyl sites for hydroxylation is 1. The molecule has 9 heteroatoms. The molecule has 3 heterocycles. The van der Waals surface area contributed by atoms with Gasteiger partial charge in [-0.25, -0.2) is 4.98 Å². The van der Waals surface area contributed by atoms with Crippen LogP contribution in [0.25, 0.3) is 10.4 Å². The van der Waals surface area contributed by atoms with Gasteiger partial charge in [0.2, 0.25) is 11.8 Å². The second-order valence-electron chi connectivity index (χ2n) is 8.85. The Labute approximate surface area is 192 Å². The molecule has 0 bridgehead atoms. The van der Waals surface area contributed by atoms with Crippen molar-refractivity contribution in [3.05, 3.63) is 34.7 Å². The molecule has 1 aliphatic rings. The fourth-order valence-corrected chi connectivity index (χ4v) is 5.01. The number of hydrogen-bond donors (Lipinski definition) is 1. The number of primary amides is 1. The number of carbonyl (C=O) groups excluding carboxylic acids is 4. The number of aromatic nitrogens is 2. The highest BCUT2D eigenvalue weighted by atomic mass is 32.1. The van der Waals surface area contributed by atoms with Gasteiger partial charge in [0.1, 0.15) is 11.0 Å². The maximum Gasteiger partial charge on any atom is 0.373 e. The molecule has 2 aromatic heterocycles. The van der Waals surface area contributed by atoms with E-state index in [1.807, 2.05) is 26.1 Å². The average molecular weight is 459 g/mol. The third-order valence-corrected chi connectivity index (χ3v) is 6.80. The van der Waals surface area contributed by atoms with Gasteiger partial charge in [-0.3, -0.25) is 14.6 Å². The number of pyridine rings is 1. The number of amides is 2. The van der Waals surface area contributed by atoms with Crippen molar-refractivity contribution in [3.63, 3.8) is 0 Å². The molecule has 2 aromatic rings. The molecule has 1 aliphatic heterocycles. The zero-order valence-electron chi connectivity index (χ0n) is 19.2. The van der Waals surface area contributed by atoms with E-state index < -0.39 is 11.9 Å². The molecule has 0 spiro atoms. The van der Waals surface area contributed by atoms with E-state index >= 15 is 0 Å². The summed E-state index contributed by atoms with van der Waals surface area (Å²) in [6, 6.07) is 3.58. The normalized spacial score (nSPS) is 18.0. The van der Waals surface area contributed by atoms with E-state index in [0.29, 0.717) is 6.54 Å². The minimum absolute atomic E-state index is 0.0389. The van der Waals surface area contributed by atoms with E-state index in [-0.39, 0.29) is 29.8 Å². The third-order valence-electron chi connectivity index (χ3n) is 5.59. The molecular weight excluding hydrogens is 428 g/mol. The minimum atomic E-state index is -0.498. The maximum absolute atomic E-state index is 12.9. The molecule has 8 nitrogen and oxygen atoms in total. The van der Waals surface area contributed by atoms with E-state index in [1.165, 1.54) is 11.3 Å². The molecule has 0 saturated carbocycles. The Morgan fingerprint density at radius 3 is 2.53 bits per heavy atom. The van der Waals surface area contributed by atoms with Gasteiger partial charge in [-0.1, -0.05) is 34.1 Å². The van der Waals surface area contributed by atoms with Crippen LogP contribution in [0.2, 0.25) is 0 Å². The monoisotopic (exact) mass is 458 g/mol. The van der Waals surface area contributed by atoms with Gasteiger partial charge in [-0.15, -0.1) is 11.3 Å². The second-order valence-corrected chi connectivity index (χ2v) is 9.94. The van der Waals surface area contributed by atoms with Crippen molar-refractivity contribution >= 4 is 29.3 Å². The minimum Gasteiger partial charge on any atom is -0.368 e. The summed E-state index contributed by atoms with van der Waals surface area (Å²) in [7, 11) is 0. The lowest BCUT2D eigenvalue weighted by molar-refractivity contribution is -0.191. The van der Waals surface area contributed by atoms with E-state index in [1.54, 1.807) is 4.90 Å². The van der Waals surface area contributed by atoms with Crippen LogP contribution in [0, 0.1) is 12.8 Å². The van der Waals surface area contributed by atoms with E-state index in [9.17, 15) is 9.59 Å². The highest BCUT2D eigenvalue weighted by molar-refractivity contribution is 7.15. The summed E-state index contributed by atoms with van der Waals surface area (Å²) in [4.78, 5) is 52.9. The van der Waals surface area contributed by atoms with Crippen LogP contribution in [0.15, 0.2) is 18.3 Å². The summed E-state index contributed by atoms with van der Waals surface area (Å²) in [6.45, 7) is 11.0. The van der Waals surface area contributed by atoms with Gasteiger partial charge >= 0.3 is 6.15 Å². The highest BCUT2D eigenvalue weighted by Crippen LogP contribution is 2.33. The van der Waals surface area contributed by atoms with Crippen LogP contribution in [0.5, 0.6) is 0 Å². The molecule has 0 unspecified atom stereocenters. The second kappa shape index (κ2) is 10.6. The lowest BCUT2D eigenvalue weighted by atomic mass is 9.90. The number of thiazole rings is 1. The van der Waals surface area contributed by atoms with Crippen molar-refractivity contribution < 1.29 is 19.2 Å². The van der Waals surface area contributed by atoms with Crippen molar-refractivity contribution in [2.75, 3.05) is 6.54 Å². The van der Waals surface area contributed by atoms with Crippen molar-refractivity contribution in [1.82, 2.24) is 14.9 Å². The number of carbonyl (C=O) groups is 2. The fourth-order valence-electron chi connectivity index (χ4n) is 3.96. The van der Waals surface area contributed by atoms with Gasteiger partial charge in [0.25, 0.3) is 0 Å². The SMILES string of the molecule is CC[C@@H]1CCN(C(=O)Cc2nc(C)c(-c3ccnc(C(C)(C)C)c3)s2)[C@@H]1C(N)=O.O=C=O. The average Bonchev–Trinajstić information content (AvgIpc) is 3.31. The van der Waals surface area contributed by atoms with Gasteiger partial charge in [0, 0.05) is 23.9 Å². The van der Waals surface area contributed by atoms with Gasteiger partial charge < -0.3 is 10.6 Å². The van der Waals surface area contributed by atoms with Gasteiger partial charge in [0.05, 0.1) is 17.0 Å². The molecule has 0 aromatic carbocycles. The van der Waals surface area contributed by atoms with E-state index in [2.05, 4.69) is 36.8 Å². The van der Waals surface area contributed by atoms with Crippen molar-refractivity contribution in [2.45, 2.75) is 65.3 Å². The van der Waals surface area contributed by atoms with E-state index in [4.69, 9.17) is 15.3 Å². The Bertz CT molecular complexity index is 1010. The first-order valence-corrected chi connectivity index (χ1v) is 11.4. The quantitative estimate of drug-likeness (QED) is 0.735. The summed E-state index contributed by atoms with van der Waals surface area (Å²) in [6.07, 6.45) is 3.94. The standard InChI is InChI=1S/C22H30N4O2S.CO2/c1-6-14-8-10-26(19(14)21(23)28)18(27)12-17-25-13(2)20(29-17)15-7-9-24-16(11-15)22(3,4)5;2-1-3/h7,9,11,14,19H,6,8,10,12H2,1-5H3,(H2,23,28);/t14-,19+;/m1./s1. The molecule has 172 valence electrons. The highest BCUT2D eigenvalue weighted by Gasteiger charge is 2.39. The molecular formula is C23H30N4O4S. The first-order chi connectivity index (χ1) is 15.0. The number of likely N-dealkylation sites (tertiary alicyclic amines) is 1. The topological polar surface area (TPSA) is 123 Å². The smallest absolute Gasteiger partial charge is 0.368 e. The largest absolute Gasteiger partial charge is 0.373 e. The molecule has 0 aliphatic carbocycles. The van der Waals surface area contributed by atoms with Crippen LogP contribution in [0.4, 0.5) is 0 Å². The molecule has 2 amide bonds. The first kappa shape index (κ1) is 25.4. The maximum atomic E-state index is 12.9. The Balaban J connectivity index is 0.00000114. The summed E-state index contributed by atoms with van der Waals surface area (Å²) >= 11 is 1.53. The fraction of sp³-hybridized carbons (Fsp3) is 0.522. The molecule has 3 rings (SSSR count). The molecule has 1 fully saturated rings. The molecule has 32 heavy (non-hydrogen) atoms. The van der Waals surface area contributed by atoms with Crippen LogP contribution in [-0.2, 0) is 31.0 Å². The summed E-state index contributed by atoms with van der Waals surface area (Å²) in [5.74, 6) is -0.335. The Morgan fingerprint density at radius 2 is 1.97 bits per heavy atom. The summed E-state index contributed by atoms with van der Waals surface area (Å²) in [5, 5.41) is 0.764. The lowest BCUT2D eigenvalue weighted by Crippen LogP contribution is -2.47. The predicted molar refractivity (Wildman–Crippen MR) is 121 cm³/mol. The van der Waals surface area contributed by atoms with Crippen LogP contribution in [-0.4, -0.2) is 45.4 Å². The van der Waals surface area contributed by atoms with Crippen molar-refractivity contribution in [3.8, 4) is 10.4 Å². The molecule has 0 radical (unpaired) electrons. The van der Waals surface area contributed by atoms with Crippen LogP contribution >= 0.6 is 11.3 Å². The lowest BCUT2D eigenvalue weighted by Gasteiger charge is -2.24. The third kappa shape index (κ3) is 5.87. The van der Waals surface area contributed by atoms with Gasteiger partial charge in [0.15, 0.2) is 0 Å². The molecule has 2 atom stereocenters. The number of rotatable bonds is 5. The Kier molecular flexibility index (Phi) is 8.41. The molecule has 2 N–H and O–H groups in total. The molecule has 1 saturated heterocycles. The zero-order valence-corrected chi connectivity index (χ0v) is 20.0. The number of nitrogens with zero attached hydrogens (tertiary/aromatic N) is 3. The van der Waals surface area contributed by atoms with Crippen LogP contribution < -0.4 is 5.73 Å². The van der Waals surface area contributed by atoms with Crippen LogP contribution in [0.3, 0.4) is 0 Å². The van der Waals surface area contributed by atoms with Crippen molar-refractivity contribution in [2.24, 2.45) is 11.7 Å².